The van der Waals surface area contributed by atoms with Crippen molar-refractivity contribution in [2.24, 2.45) is 0 Å². The molecule has 198 valence electrons. The van der Waals surface area contributed by atoms with Gasteiger partial charge >= 0.3 is 0 Å². The molecule has 37 heavy (non-hydrogen) atoms. The van der Waals surface area contributed by atoms with Crippen molar-refractivity contribution in [3.05, 3.63) is 88.0 Å². The Hall–Kier alpha value is -1.81. The normalized spacial score (nSPS) is 16.8. The van der Waals surface area contributed by atoms with Crippen LogP contribution >= 0.6 is 22.6 Å². The predicted molar refractivity (Wildman–Crippen MR) is 161 cm³/mol. The predicted octanol–water partition coefficient (Wildman–Crippen LogP) is 6.38. The van der Waals surface area contributed by atoms with Crippen molar-refractivity contribution in [3.63, 3.8) is 0 Å². The van der Waals surface area contributed by atoms with Crippen LogP contribution in [0.25, 0.3) is 0 Å². The van der Waals surface area contributed by atoms with Gasteiger partial charge in [0, 0.05) is 27.8 Å². The van der Waals surface area contributed by atoms with Crippen molar-refractivity contribution in [3.8, 4) is 0 Å². The van der Waals surface area contributed by atoms with Gasteiger partial charge in [0.15, 0.2) is 0 Å². The monoisotopic (exact) mass is 634 g/mol. The van der Waals surface area contributed by atoms with E-state index < -0.39 is 27.4 Å². The SMILES string of the molecule is C[C@H](CC1CNc2ccc(I)cc21)NCC(F)(F)CO[Si](c1ccccc1)(c1ccccc1)C(C)(C)C. The second-order valence-corrected chi connectivity index (χ2v) is 16.7. The maximum Gasteiger partial charge on any atom is 0.281 e. The molecule has 0 saturated carbocycles. The highest BCUT2D eigenvalue weighted by atomic mass is 127. The molecule has 4 rings (SSSR count). The Morgan fingerprint density at radius 3 is 2.16 bits per heavy atom. The maximum absolute atomic E-state index is 15.4. The topological polar surface area (TPSA) is 33.3 Å². The summed E-state index contributed by atoms with van der Waals surface area (Å²) in [5.41, 5.74) is 2.43. The van der Waals surface area contributed by atoms with Crippen LogP contribution in [0.4, 0.5) is 14.5 Å². The van der Waals surface area contributed by atoms with Crippen molar-refractivity contribution in [2.45, 2.75) is 57.0 Å². The second kappa shape index (κ2) is 11.5. The summed E-state index contributed by atoms with van der Waals surface area (Å²) in [5, 5.41) is 8.22. The van der Waals surface area contributed by atoms with E-state index in [1.54, 1.807) is 0 Å². The van der Waals surface area contributed by atoms with Gasteiger partial charge in [0.2, 0.25) is 0 Å². The highest BCUT2D eigenvalue weighted by Crippen LogP contribution is 2.38. The van der Waals surface area contributed by atoms with E-state index in [-0.39, 0.29) is 11.1 Å². The third-order valence-electron chi connectivity index (χ3n) is 7.26. The molecule has 0 saturated heterocycles. The number of halogens is 3. The van der Waals surface area contributed by atoms with Gasteiger partial charge in [-0.1, -0.05) is 81.4 Å². The number of nitrogens with one attached hydrogen (secondary N) is 2. The summed E-state index contributed by atoms with van der Waals surface area (Å²) < 4.78 is 38.4. The Kier molecular flexibility index (Phi) is 8.78. The molecule has 1 heterocycles. The summed E-state index contributed by atoms with van der Waals surface area (Å²) in [6.07, 6.45) is 0.797. The average Bonchev–Trinajstić information content (AvgIpc) is 3.25. The molecule has 3 aromatic rings. The summed E-state index contributed by atoms with van der Waals surface area (Å²) in [6.45, 7) is 8.11. The Morgan fingerprint density at radius 1 is 1.00 bits per heavy atom. The van der Waals surface area contributed by atoms with Gasteiger partial charge in [0.05, 0.1) is 13.2 Å². The Morgan fingerprint density at radius 2 is 1.59 bits per heavy atom. The molecule has 0 amide bonds. The molecule has 1 aliphatic rings. The second-order valence-electron chi connectivity index (χ2n) is 11.1. The first kappa shape index (κ1) is 28.2. The van der Waals surface area contributed by atoms with Crippen LogP contribution in [-0.2, 0) is 4.43 Å². The first-order chi connectivity index (χ1) is 17.5. The van der Waals surface area contributed by atoms with E-state index in [1.165, 1.54) is 9.13 Å². The minimum Gasteiger partial charge on any atom is -0.401 e. The summed E-state index contributed by atoms with van der Waals surface area (Å²) in [5.74, 6) is -2.68. The number of hydrogen-bond donors (Lipinski definition) is 2. The molecule has 1 aliphatic heterocycles. The zero-order valence-electron chi connectivity index (χ0n) is 22.0. The quantitative estimate of drug-likeness (QED) is 0.201. The minimum absolute atomic E-state index is 0.0469. The van der Waals surface area contributed by atoms with Crippen LogP contribution in [0.5, 0.6) is 0 Å². The van der Waals surface area contributed by atoms with Crippen LogP contribution in [0.1, 0.15) is 45.6 Å². The summed E-state index contributed by atoms with van der Waals surface area (Å²) in [7, 11) is -3.01. The van der Waals surface area contributed by atoms with Gasteiger partial charge in [0.25, 0.3) is 14.2 Å². The third kappa shape index (κ3) is 6.44. The number of fused-ring (bicyclic) bond motifs is 1. The maximum atomic E-state index is 15.4. The first-order valence-electron chi connectivity index (χ1n) is 12.9. The van der Waals surface area contributed by atoms with Crippen LogP contribution in [0.2, 0.25) is 5.04 Å². The first-order valence-corrected chi connectivity index (χ1v) is 15.9. The van der Waals surface area contributed by atoms with Gasteiger partial charge in [-0.25, -0.2) is 8.78 Å². The summed E-state index contributed by atoms with van der Waals surface area (Å²) in [4.78, 5) is 0. The number of rotatable bonds is 10. The van der Waals surface area contributed by atoms with E-state index in [4.69, 9.17) is 4.43 Å². The average molecular weight is 635 g/mol. The number of hydrogen-bond acceptors (Lipinski definition) is 3. The Bertz CT molecular complexity index is 1130. The molecule has 3 nitrogen and oxygen atoms in total. The molecular weight excluding hydrogens is 597 g/mol. The lowest BCUT2D eigenvalue weighted by molar-refractivity contribution is -0.0436. The molecular formula is C30H37F2IN2OSi. The van der Waals surface area contributed by atoms with Gasteiger partial charge in [-0.2, -0.15) is 0 Å². The molecule has 0 radical (unpaired) electrons. The molecule has 0 aliphatic carbocycles. The van der Waals surface area contributed by atoms with E-state index in [1.807, 2.05) is 67.6 Å². The van der Waals surface area contributed by atoms with Crippen LogP contribution in [-0.4, -0.2) is 40.0 Å². The third-order valence-corrected chi connectivity index (χ3v) is 12.9. The zero-order chi connectivity index (χ0) is 26.7. The smallest absolute Gasteiger partial charge is 0.281 e. The Labute approximate surface area is 234 Å². The molecule has 0 fully saturated rings. The summed E-state index contributed by atoms with van der Waals surface area (Å²) >= 11 is 2.32. The van der Waals surface area contributed by atoms with Crippen molar-refractivity contribution in [1.29, 1.82) is 0 Å². The van der Waals surface area contributed by atoms with E-state index in [9.17, 15) is 0 Å². The van der Waals surface area contributed by atoms with Crippen LogP contribution in [0, 0.1) is 3.57 Å². The summed E-state index contributed by atoms with van der Waals surface area (Å²) in [6, 6.07) is 26.2. The van der Waals surface area contributed by atoms with Crippen molar-refractivity contribution >= 4 is 47.0 Å². The molecule has 7 heteroatoms. The minimum atomic E-state index is -3.01. The lowest BCUT2D eigenvalue weighted by Crippen LogP contribution is -2.67. The fourth-order valence-corrected chi connectivity index (χ4v) is 10.5. The highest BCUT2D eigenvalue weighted by molar-refractivity contribution is 14.1. The fourth-order valence-electron chi connectivity index (χ4n) is 5.45. The molecule has 0 spiro atoms. The van der Waals surface area contributed by atoms with E-state index in [0.29, 0.717) is 5.92 Å². The Balaban J connectivity index is 1.46. The molecule has 1 unspecified atom stereocenters. The van der Waals surface area contributed by atoms with Gasteiger partial charge in [-0.3, -0.25) is 0 Å². The van der Waals surface area contributed by atoms with Crippen LogP contribution in [0.15, 0.2) is 78.9 Å². The van der Waals surface area contributed by atoms with Crippen molar-refractivity contribution in [1.82, 2.24) is 5.32 Å². The van der Waals surface area contributed by atoms with Gasteiger partial charge in [-0.15, -0.1) is 0 Å². The number of anilines is 1. The zero-order valence-corrected chi connectivity index (χ0v) is 25.2. The van der Waals surface area contributed by atoms with Gasteiger partial charge in [0.1, 0.15) is 0 Å². The highest BCUT2D eigenvalue weighted by Gasteiger charge is 2.51. The van der Waals surface area contributed by atoms with Crippen LogP contribution in [0.3, 0.4) is 0 Å². The van der Waals surface area contributed by atoms with Crippen LogP contribution < -0.4 is 21.0 Å². The molecule has 2 N–H and O–H groups in total. The lowest BCUT2D eigenvalue weighted by atomic mass is 9.94. The van der Waals surface area contributed by atoms with Gasteiger partial charge < -0.3 is 15.1 Å². The van der Waals surface area contributed by atoms with Gasteiger partial charge in [-0.05, 0) is 75.1 Å². The number of benzene rings is 3. The van der Waals surface area contributed by atoms with Crippen molar-refractivity contribution < 1.29 is 13.2 Å². The molecule has 3 aromatic carbocycles. The van der Waals surface area contributed by atoms with E-state index in [2.05, 4.69) is 72.2 Å². The fraction of sp³-hybridized carbons (Fsp3) is 0.400. The van der Waals surface area contributed by atoms with E-state index in [0.717, 1.165) is 29.0 Å². The number of alkyl halides is 2. The molecule has 0 bridgehead atoms. The largest absolute Gasteiger partial charge is 0.401 e. The molecule has 2 atom stereocenters. The van der Waals surface area contributed by atoms with E-state index >= 15 is 8.78 Å². The lowest BCUT2D eigenvalue weighted by Gasteiger charge is -2.43. The molecule has 0 aromatic heterocycles. The standard InChI is InChI=1S/C30H37F2IN2OSi/c1-22(17-23-19-34-28-16-15-24(33)18-27(23)28)35-20-30(31,32)21-36-37(29(2,3)4,25-11-7-5-8-12-25)26-13-9-6-10-14-26/h5-16,18,22-23,34-35H,17,19-21H2,1-4H3/t22-,23?/m1/s1. The van der Waals surface area contributed by atoms with Crippen molar-refractivity contribution in [2.75, 3.05) is 25.0 Å².